The highest BCUT2D eigenvalue weighted by molar-refractivity contribution is 9.11. The summed E-state index contributed by atoms with van der Waals surface area (Å²) in [5.74, 6) is 0.470. The Bertz CT molecular complexity index is 765. The quantitative estimate of drug-likeness (QED) is 0.314. The Balaban J connectivity index is 0.000000263. The molecule has 0 atom stereocenters. The summed E-state index contributed by atoms with van der Waals surface area (Å²) in [6.07, 6.45) is -7.21. The third kappa shape index (κ3) is 6.58. The standard InChI is InChI=1S/C8H8BrF3N2.C6H2BrClF3N/c1-14(2)7-6(9)3-5(4-13-7)8(10,11)12;7-4-1-3(6(9,10)11)2-12-5(4)8/h3-4H,1-2H3;1-2H. The topological polar surface area (TPSA) is 29.0 Å². The van der Waals surface area contributed by atoms with Crippen molar-refractivity contribution in [3.63, 3.8) is 0 Å². The first-order chi connectivity index (χ1) is 11.7. The molecule has 0 fully saturated rings. The summed E-state index contributed by atoms with van der Waals surface area (Å²) >= 11 is 11.3. The summed E-state index contributed by atoms with van der Waals surface area (Å²) in [5.41, 5.74) is -1.58. The van der Waals surface area contributed by atoms with E-state index in [0.717, 1.165) is 18.3 Å². The van der Waals surface area contributed by atoms with Crippen LogP contribution in [0.25, 0.3) is 0 Å². The van der Waals surface area contributed by atoms with Crippen molar-refractivity contribution in [2.75, 3.05) is 19.0 Å². The number of hydrogen-bond donors (Lipinski definition) is 0. The molecule has 0 bridgehead atoms. The van der Waals surface area contributed by atoms with Crippen LogP contribution in [-0.2, 0) is 12.4 Å². The molecule has 2 rings (SSSR count). The third-order valence-corrected chi connectivity index (χ3v) is 4.41. The fourth-order valence-electron chi connectivity index (χ4n) is 1.49. The van der Waals surface area contributed by atoms with Crippen LogP contribution in [-0.4, -0.2) is 24.1 Å². The van der Waals surface area contributed by atoms with Gasteiger partial charge >= 0.3 is 12.4 Å². The smallest absolute Gasteiger partial charge is 0.362 e. The molecular weight excluding hydrogens is 519 g/mol. The summed E-state index contributed by atoms with van der Waals surface area (Å²) in [4.78, 5) is 8.68. The molecule has 3 nitrogen and oxygen atoms in total. The predicted octanol–water partition coefficient (Wildman–Crippen LogP) is 6.45. The molecule has 0 unspecified atom stereocenters. The average molecular weight is 530 g/mol. The number of aromatic nitrogens is 2. The van der Waals surface area contributed by atoms with Crippen LogP contribution in [0.3, 0.4) is 0 Å². The van der Waals surface area contributed by atoms with Gasteiger partial charge in [0.15, 0.2) is 0 Å². The van der Waals surface area contributed by atoms with Crippen molar-refractivity contribution in [1.29, 1.82) is 0 Å². The summed E-state index contributed by atoms with van der Waals surface area (Å²) in [5, 5.41) is 0.0167. The molecule has 144 valence electrons. The maximum atomic E-state index is 12.2. The van der Waals surface area contributed by atoms with E-state index in [1.165, 1.54) is 0 Å². The average Bonchev–Trinajstić information content (AvgIpc) is 2.48. The maximum Gasteiger partial charge on any atom is 0.417 e. The van der Waals surface area contributed by atoms with Gasteiger partial charge in [-0.1, -0.05) is 11.6 Å². The third-order valence-electron chi connectivity index (χ3n) is 2.70. The second kappa shape index (κ2) is 8.75. The van der Waals surface area contributed by atoms with Crippen LogP contribution >= 0.6 is 43.5 Å². The van der Waals surface area contributed by atoms with Crippen LogP contribution in [0.15, 0.2) is 33.5 Å². The molecule has 0 saturated carbocycles. The second-order valence-electron chi connectivity index (χ2n) is 4.92. The van der Waals surface area contributed by atoms with Crippen molar-refractivity contribution in [2.24, 2.45) is 0 Å². The van der Waals surface area contributed by atoms with Crippen molar-refractivity contribution >= 4 is 49.3 Å². The van der Waals surface area contributed by atoms with Gasteiger partial charge in [0.25, 0.3) is 0 Å². The van der Waals surface area contributed by atoms with Gasteiger partial charge in [-0.15, -0.1) is 0 Å². The van der Waals surface area contributed by atoms with Crippen molar-refractivity contribution in [3.8, 4) is 0 Å². The van der Waals surface area contributed by atoms with Gasteiger partial charge in [0.2, 0.25) is 0 Å². The molecule has 0 N–H and O–H groups in total. The minimum atomic E-state index is -4.37. The molecular formula is C14H10Br2ClF6N3. The first kappa shape index (κ1) is 23.0. The lowest BCUT2D eigenvalue weighted by atomic mass is 10.3. The van der Waals surface area contributed by atoms with Crippen molar-refractivity contribution in [1.82, 2.24) is 9.97 Å². The largest absolute Gasteiger partial charge is 0.417 e. The van der Waals surface area contributed by atoms with Gasteiger partial charge < -0.3 is 4.90 Å². The van der Waals surface area contributed by atoms with Crippen molar-refractivity contribution in [3.05, 3.63) is 49.8 Å². The Morgan fingerprint density at radius 2 is 1.27 bits per heavy atom. The Morgan fingerprint density at radius 3 is 1.62 bits per heavy atom. The van der Waals surface area contributed by atoms with E-state index < -0.39 is 23.5 Å². The van der Waals surface area contributed by atoms with Gasteiger partial charge in [-0.3, -0.25) is 0 Å². The molecule has 2 aromatic heterocycles. The maximum absolute atomic E-state index is 12.2. The number of hydrogen-bond acceptors (Lipinski definition) is 3. The zero-order chi connectivity index (χ0) is 20.3. The summed E-state index contributed by atoms with van der Waals surface area (Å²) in [6, 6.07) is 1.90. The molecule has 0 amide bonds. The number of nitrogens with zero attached hydrogens (tertiary/aromatic N) is 3. The minimum absolute atomic E-state index is 0.0167. The lowest BCUT2D eigenvalue weighted by molar-refractivity contribution is -0.138. The highest BCUT2D eigenvalue weighted by atomic mass is 79.9. The molecule has 0 aliphatic heterocycles. The Labute approximate surface area is 166 Å². The van der Waals surface area contributed by atoms with Crippen molar-refractivity contribution in [2.45, 2.75) is 12.4 Å². The van der Waals surface area contributed by atoms with Gasteiger partial charge in [0, 0.05) is 26.5 Å². The van der Waals surface area contributed by atoms with Gasteiger partial charge in [-0.25, -0.2) is 9.97 Å². The molecule has 0 saturated heterocycles. The van der Waals surface area contributed by atoms with E-state index >= 15 is 0 Å². The highest BCUT2D eigenvalue weighted by Crippen LogP contribution is 2.33. The van der Waals surface area contributed by atoms with Gasteiger partial charge in [0.1, 0.15) is 11.0 Å². The lowest BCUT2D eigenvalue weighted by Crippen LogP contribution is -2.13. The van der Waals surface area contributed by atoms with E-state index in [0.29, 0.717) is 16.5 Å². The van der Waals surface area contributed by atoms with Crippen LogP contribution in [0.5, 0.6) is 0 Å². The normalized spacial score (nSPS) is 11.7. The number of halogens is 9. The summed E-state index contributed by atoms with van der Waals surface area (Å²) in [6.45, 7) is 0. The summed E-state index contributed by atoms with van der Waals surface area (Å²) < 4.78 is 73.1. The molecule has 0 radical (unpaired) electrons. The molecule has 12 heteroatoms. The van der Waals surface area contributed by atoms with Crippen LogP contribution in [0, 0.1) is 0 Å². The molecule has 2 heterocycles. The van der Waals surface area contributed by atoms with E-state index in [-0.39, 0.29) is 9.63 Å². The van der Waals surface area contributed by atoms with Gasteiger partial charge in [-0.2, -0.15) is 26.3 Å². The zero-order valence-electron chi connectivity index (χ0n) is 13.1. The molecule has 0 aliphatic carbocycles. The highest BCUT2D eigenvalue weighted by Gasteiger charge is 2.32. The number of pyridine rings is 2. The van der Waals surface area contributed by atoms with Gasteiger partial charge in [-0.05, 0) is 44.0 Å². The van der Waals surface area contributed by atoms with E-state index in [4.69, 9.17) is 11.6 Å². The SMILES string of the molecule is CN(C)c1ncc(C(F)(F)F)cc1Br.FC(F)(F)c1cnc(Cl)c(Br)c1. The number of anilines is 1. The van der Waals surface area contributed by atoms with Crippen LogP contribution in [0.2, 0.25) is 5.15 Å². The lowest BCUT2D eigenvalue weighted by Gasteiger charge is -2.14. The number of alkyl halides is 6. The summed E-state index contributed by atoms with van der Waals surface area (Å²) in [7, 11) is 3.42. The molecule has 26 heavy (non-hydrogen) atoms. The molecule has 2 aromatic rings. The fraction of sp³-hybridized carbons (Fsp3) is 0.286. The Morgan fingerprint density at radius 1 is 0.846 bits per heavy atom. The van der Waals surface area contributed by atoms with E-state index in [2.05, 4.69) is 41.8 Å². The number of rotatable bonds is 1. The Hall–Kier alpha value is -1.07. The monoisotopic (exact) mass is 527 g/mol. The minimum Gasteiger partial charge on any atom is -0.362 e. The van der Waals surface area contributed by atoms with Crippen molar-refractivity contribution < 1.29 is 26.3 Å². The Kier molecular flexibility index (Phi) is 7.73. The fourth-order valence-corrected chi connectivity index (χ4v) is 2.65. The van der Waals surface area contributed by atoms with Crippen LogP contribution in [0.1, 0.15) is 11.1 Å². The first-order valence-corrected chi connectivity index (χ1v) is 8.48. The molecule has 0 aromatic carbocycles. The van der Waals surface area contributed by atoms with E-state index in [1.807, 2.05) is 0 Å². The van der Waals surface area contributed by atoms with E-state index in [1.54, 1.807) is 19.0 Å². The van der Waals surface area contributed by atoms with E-state index in [9.17, 15) is 26.3 Å². The first-order valence-electron chi connectivity index (χ1n) is 6.51. The molecule has 0 spiro atoms. The zero-order valence-corrected chi connectivity index (χ0v) is 17.0. The second-order valence-corrected chi connectivity index (χ2v) is 6.98. The molecule has 0 aliphatic rings. The van der Waals surface area contributed by atoms with Gasteiger partial charge in [0.05, 0.1) is 20.1 Å². The van der Waals surface area contributed by atoms with Crippen LogP contribution < -0.4 is 4.90 Å². The predicted molar refractivity (Wildman–Crippen MR) is 93.2 cm³/mol. The van der Waals surface area contributed by atoms with Crippen LogP contribution in [0.4, 0.5) is 32.2 Å².